The fourth-order valence-electron chi connectivity index (χ4n) is 2.96. The molecular formula is C14H23N3O2S. The summed E-state index contributed by atoms with van der Waals surface area (Å²) in [5, 5.41) is 8.57. The quantitative estimate of drug-likeness (QED) is 0.744. The van der Waals surface area contributed by atoms with Gasteiger partial charge in [-0.3, -0.25) is 0 Å². The second kappa shape index (κ2) is 5.61. The first kappa shape index (κ1) is 15.1. The van der Waals surface area contributed by atoms with E-state index in [0.717, 1.165) is 18.0 Å². The molecule has 1 fully saturated rings. The van der Waals surface area contributed by atoms with Gasteiger partial charge in [0.05, 0.1) is 4.90 Å². The van der Waals surface area contributed by atoms with Gasteiger partial charge < -0.3 is 11.1 Å². The standard InChI is InChI=1S/C14H23N3O2S/c1-9-3-4-14(10(2)5-9)17-12-6-11(15)7-13(8-12)20(16,18)19/h6-10,14,17H,3-5,15H2,1-2H3,(H2,16,18,19). The van der Waals surface area contributed by atoms with E-state index >= 15 is 0 Å². The van der Waals surface area contributed by atoms with Gasteiger partial charge in [-0.1, -0.05) is 13.8 Å². The molecule has 112 valence electrons. The highest BCUT2D eigenvalue weighted by molar-refractivity contribution is 7.89. The molecule has 1 aromatic carbocycles. The van der Waals surface area contributed by atoms with Crippen LogP contribution >= 0.6 is 0 Å². The van der Waals surface area contributed by atoms with E-state index in [2.05, 4.69) is 19.2 Å². The van der Waals surface area contributed by atoms with Gasteiger partial charge in [0.15, 0.2) is 0 Å². The lowest BCUT2D eigenvalue weighted by atomic mass is 9.80. The summed E-state index contributed by atoms with van der Waals surface area (Å²) in [6, 6.07) is 5.03. The molecule has 1 aliphatic rings. The smallest absolute Gasteiger partial charge is 0.238 e. The normalized spacial score (nSPS) is 27.2. The number of hydrogen-bond donors (Lipinski definition) is 3. The highest BCUT2D eigenvalue weighted by atomic mass is 32.2. The third-order valence-electron chi connectivity index (χ3n) is 4.04. The average molecular weight is 297 g/mol. The Balaban J connectivity index is 2.19. The van der Waals surface area contributed by atoms with Crippen molar-refractivity contribution in [1.82, 2.24) is 0 Å². The Labute approximate surface area is 120 Å². The molecule has 0 amide bonds. The molecule has 3 atom stereocenters. The summed E-state index contributed by atoms with van der Waals surface area (Å²) < 4.78 is 22.9. The first-order chi connectivity index (χ1) is 9.25. The van der Waals surface area contributed by atoms with Crippen LogP contribution in [0.15, 0.2) is 23.1 Å². The van der Waals surface area contributed by atoms with E-state index < -0.39 is 10.0 Å². The van der Waals surface area contributed by atoms with Gasteiger partial charge in [-0.2, -0.15) is 0 Å². The summed E-state index contributed by atoms with van der Waals surface area (Å²) in [6.07, 6.45) is 3.45. The number of hydrogen-bond acceptors (Lipinski definition) is 4. The second-order valence-corrected chi connectivity index (χ2v) is 7.54. The van der Waals surface area contributed by atoms with Crippen LogP contribution in [0.5, 0.6) is 0 Å². The minimum atomic E-state index is -3.73. The van der Waals surface area contributed by atoms with Gasteiger partial charge in [-0.05, 0) is 49.3 Å². The lowest BCUT2D eigenvalue weighted by Gasteiger charge is -2.34. The van der Waals surface area contributed by atoms with Gasteiger partial charge >= 0.3 is 0 Å². The molecule has 5 N–H and O–H groups in total. The molecule has 0 aromatic heterocycles. The molecule has 1 aromatic rings. The van der Waals surface area contributed by atoms with Crippen LogP contribution in [0.1, 0.15) is 33.1 Å². The summed E-state index contributed by atoms with van der Waals surface area (Å²) in [4.78, 5) is 0.0526. The van der Waals surface area contributed by atoms with E-state index in [1.807, 2.05) is 0 Å². The Kier molecular flexibility index (Phi) is 4.25. The Morgan fingerprint density at radius 1 is 1.20 bits per heavy atom. The van der Waals surface area contributed by atoms with E-state index in [0.29, 0.717) is 17.6 Å². The number of nitrogens with one attached hydrogen (secondary N) is 1. The Hall–Kier alpha value is -1.27. The van der Waals surface area contributed by atoms with Crippen LogP contribution in [0.3, 0.4) is 0 Å². The predicted octanol–water partition coefficient (Wildman–Crippen LogP) is 2.15. The monoisotopic (exact) mass is 297 g/mol. The van der Waals surface area contributed by atoms with Gasteiger partial charge in [-0.15, -0.1) is 0 Å². The van der Waals surface area contributed by atoms with Crippen LogP contribution in [-0.4, -0.2) is 14.5 Å². The number of nitrogens with two attached hydrogens (primary N) is 2. The lowest BCUT2D eigenvalue weighted by Crippen LogP contribution is -2.33. The Bertz CT molecular complexity index is 586. The zero-order chi connectivity index (χ0) is 14.9. The van der Waals surface area contributed by atoms with Crippen LogP contribution in [0.25, 0.3) is 0 Å². The van der Waals surface area contributed by atoms with Crippen LogP contribution in [0, 0.1) is 11.8 Å². The minimum Gasteiger partial charge on any atom is -0.399 e. The summed E-state index contributed by atoms with van der Waals surface area (Å²) >= 11 is 0. The van der Waals surface area contributed by atoms with E-state index in [1.54, 1.807) is 12.1 Å². The largest absolute Gasteiger partial charge is 0.399 e. The molecule has 0 radical (unpaired) electrons. The van der Waals surface area contributed by atoms with E-state index in [4.69, 9.17) is 10.9 Å². The number of primary sulfonamides is 1. The molecule has 0 heterocycles. The third-order valence-corrected chi connectivity index (χ3v) is 4.93. The van der Waals surface area contributed by atoms with Crippen LogP contribution in [0.4, 0.5) is 11.4 Å². The van der Waals surface area contributed by atoms with Crippen molar-refractivity contribution in [3.63, 3.8) is 0 Å². The third kappa shape index (κ3) is 3.64. The summed E-state index contributed by atoms with van der Waals surface area (Å²) in [6.45, 7) is 4.49. The highest BCUT2D eigenvalue weighted by Crippen LogP contribution is 2.31. The van der Waals surface area contributed by atoms with E-state index in [1.165, 1.54) is 18.9 Å². The maximum absolute atomic E-state index is 11.4. The fourth-order valence-corrected chi connectivity index (χ4v) is 3.56. The Morgan fingerprint density at radius 3 is 2.50 bits per heavy atom. The van der Waals surface area contributed by atoms with Crippen LogP contribution < -0.4 is 16.2 Å². The molecule has 0 spiro atoms. The van der Waals surface area contributed by atoms with Crippen molar-refractivity contribution < 1.29 is 8.42 Å². The average Bonchev–Trinajstić information content (AvgIpc) is 2.31. The highest BCUT2D eigenvalue weighted by Gasteiger charge is 2.25. The second-order valence-electron chi connectivity index (χ2n) is 5.98. The van der Waals surface area contributed by atoms with Crippen molar-refractivity contribution in [2.24, 2.45) is 17.0 Å². The zero-order valence-electron chi connectivity index (χ0n) is 12.0. The fraction of sp³-hybridized carbons (Fsp3) is 0.571. The maximum atomic E-state index is 11.4. The maximum Gasteiger partial charge on any atom is 0.238 e. The van der Waals surface area contributed by atoms with Crippen molar-refractivity contribution in [2.75, 3.05) is 11.1 Å². The summed E-state index contributed by atoms with van der Waals surface area (Å²) in [7, 11) is -3.73. The number of anilines is 2. The molecule has 0 aliphatic heterocycles. The van der Waals surface area contributed by atoms with Crippen molar-refractivity contribution in [3.8, 4) is 0 Å². The van der Waals surface area contributed by atoms with Gasteiger partial charge in [-0.25, -0.2) is 13.6 Å². The van der Waals surface area contributed by atoms with Gasteiger partial charge in [0.1, 0.15) is 0 Å². The topological polar surface area (TPSA) is 98.2 Å². The van der Waals surface area contributed by atoms with E-state index in [-0.39, 0.29) is 4.90 Å². The van der Waals surface area contributed by atoms with E-state index in [9.17, 15) is 8.42 Å². The molecular weight excluding hydrogens is 274 g/mol. The first-order valence-electron chi connectivity index (χ1n) is 6.95. The van der Waals surface area contributed by atoms with Crippen molar-refractivity contribution in [3.05, 3.63) is 18.2 Å². The molecule has 3 unspecified atom stereocenters. The lowest BCUT2D eigenvalue weighted by molar-refractivity contribution is 0.276. The van der Waals surface area contributed by atoms with Crippen LogP contribution in [0.2, 0.25) is 0 Å². The van der Waals surface area contributed by atoms with Crippen molar-refractivity contribution in [2.45, 2.75) is 44.0 Å². The molecule has 6 heteroatoms. The summed E-state index contributed by atoms with van der Waals surface area (Å²) in [5.41, 5.74) is 6.88. The minimum absolute atomic E-state index is 0.0526. The number of benzene rings is 1. The van der Waals surface area contributed by atoms with Gasteiger partial charge in [0.2, 0.25) is 10.0 Å². The Morgan fingerprint density at radius 2 is 1.90 bits per heavy atom. The number of nitrogen functional groups attached to an aromatic ring is 1. The molecule has 0 bridgehead atoms. The van der Waals surface area contributed by atoms with Crippen molar-refractivity contribution >= 4 is 21.4 Å². The molecule has 20 heavy (non-hydrogen) atoms. The number of rotatable bonds is 3. The molecule has 1 aliphatic carbocycles. The SMILES string of the molecule is CC1CCC(Nc2cc(N)cc(S(N)(=O)=O)c2)C(C)C1. The zero-order valence-corrected chi connectivity index (χ0v) is 12.8. The molecule has 5 nitrogen and oxygen atoms in total. The molecule has 1 saturated carbocycles. The molecule has 2 rings (SSSR count). The molecule has 0 saturated heterocycles. The predicted molar refractivity (Wildman–Crippen MR) is 81.8 cm³/mol. The van der Waals surface area contributed by atoms with Gasteiger partial charge in [0.25, 0.3) is 0 Å². The van der Waals surface area contributed by atoms with Crippen molar-refractivity contribution in [1.29, 1.82) is 0 Å². The van der Waals surface area contributed by atoms with Gasteiger partial charge in [0, 0.05) is 17.4 Å². The van der Waals surface area contributed by atoms with Crippen LogP contribution in [-0.2, 0) is 10.0 Å². The number of sulfonamides is 1. The first-order valence-corrected chi connectivity index (χ1v) is 8.50. The summed E-state index contributed by atoms with van der Waals surface area (Å²) in [5.74, 6) is 1.31.